The van der Waals surface area contributed by atoms with Crippen molar-refractivity contribution in [3.8, 4) is 11.5 Å². The molecule has 0 radical (unpaired) electrons. The van der Waals surface area contributed by atoms with Crippen LogP contribution in [0.2, 0.25) is 5.02 Å². The normalized spacial score (nSPS) is 10.4. The number of ether oxygens (including phenoxy) is 2. The fourth-order valence-electron chi connectivity index (χ4n) is 2.99. The lowest BCUT2D eigenvalue weighted by Crippen LogP contribution is -2.26. The van der Waals surface area contributed by atoms with Gasteiger partial charge in [0.15, 0.2) is 0 Å². The topological polar surface area (TPSA) is 38.8 Å². The first-order chi connectivity index (χ1) is 14.1. The Kier molecular flexibility index (Phi) is 7.14. The van der Waals surface area contributed by atoms with Gasteiger partial charge in [-0.05, 0) is 42.8 Å². The summed E-state index contributed by atoms with van der Waals surface area (Å²) in [6.07, 6.45) is 0. The van der Waals surface area contributed by atoms with E-state index in [2.05, 4.69) is 0 Å². The second-order valence-corrected chi connectivity index (χ2v) is 7.03. The third kappa shape index (κ3) is 5.52. The summed E-state index contributed by atoms with van der Waals surface area (Å²) in [5.41, 5.74) is 2.46. The van der Waals surface area contributed by atoms with Crippen molar-refractivity contribution in [3.63, 3.8) is 0 Å². The van der Waals surface area contributed by atoms with Crippen LogP contribution in [0.3, 0.4) is 0 Å². The Balaban J connectivity index is 1.78. The van der Waals surface area contributed by atoms with E-state index in [-0.39, 0.29) is 12.5 Å². The van der Waals surface area contributed by atoms with Crippen molar-refractivity contribution < 1.29 is 14.3 Å². The van der Waals surface area contributed by atoms with E-state index >= 15 is 0 Å². The smallest absolute Gasteiger partial charge is 0.253 e. The molecule has 3 aromatic carbocycles. The van der Waals surface area contributed by atoms with Gasteiger partial charge in [0.1, 0.15) is 18.1 Å². The molecule has 0 bridgehead atoms. The van der Waals surface area contributed by atoms with Gasteiger partial charge in [0.25, 0.3) is 5.91 Å². The van der Waals surface area contributed by atoms with Crippen molar-refractivity contribution in [2.24, 2.45) is 0 Å². The highest BCUT2D eigenvalue weighted by atomic mass is 35.5. The van der Waals surface area contributed by atoms with Crippen LogP contribution >= 0.6 is 11.6 Å². The average molecular weight is 410 g/mol. The van der Waals surface area contributed by atoms with E-state index < -0.39 is 0 Å². The highest BCUT2D eigenvalue weighted by Crippen LogP contribution is 2.27. The molecule has 3 aromatic rings. The zero-order chi connectivity index (χ0) is 20.6. The maximum absolute atomic E-state index is 12.9. The summed E-state index contributed by atoms with van der Waals surface area (Å²) in [6, 6.07) is 22.6. The molecule has 4 nitrogen and oxygen atoms in total. The van der Waals surface area contributed by atoms with Crippen LogP contribution in [0.5, 0.6) is 11.5 Å². The van der Waals surface area contributed by atoms with E-state index in [1.54, 1.807) is 24.1 Å². The van der Waals surface area contributed by atoms with Crippen LogP contribution in [0.25, 0.3) is 0 Å². The van der Waals surface area contributed by atoms with Gasteiger partial charge < -0.3 is 14.4 Å². The van der Waals surface area contributed by atoms with Crippen molar-refractivity contribution in [3.05, 3.63) is 94.5 Å². The van der Waals surface area contributed by atoms with Gasteiger partial charge in [-0.1, -0.05) is 54.1 Å². The molecule has 0 aliphatic rings. The lowest BCUT2D eigenvalue weighted by molar-refractivity contribution is 0.0785. The first-order valence-electron chi connectivity index (χ1n) is 9.51. The summed E-state index contributed by atoms with van der Waals surface area (Å²) >= 11 is 6.17. The van der Waals surface area contributed by atoms with E-state index in [4.69, 9.17) is 21.1 Å². The molecular formula is C24H24ClNO3. The van der Waals surface area contributed by atoms with Crippen molar-refractivity contribution in [1.82, 2.24) is 4.90 Å². The second kappa shape index (κ2) is 9.99. The second-order valence-electron chi connectivity index (χ2n) is 6.62. The van der Waals surface area contributed by atoms with Crippen LogP contribution in [-0.2, 0) is 13.2 Å². The maximum Gasteiger partial charge on any atom is 0.253 e. The number of benzene rings is 3. The Morgan fingerprint density at radius 3 is 2.38 bits per heavy atom. The quantitative estimate of drug-likeness (QED) is 0.486. The monoisotopic (exact) mass is 409 g/mol. The summed E-state index contributed by atoms with van der Waals surface area (Å²) in [6.45, 7) is 3.24. The van der Waals surface area contributed by atoms with E-state index in [0.29, 0.717) is 35.2 Å². The largest absolute Gasteiger partial charge is 0.493 e. The van der Waals surface area contributed by atoms with Gasteiger partial charge in [-0.15, -0.1) is 0 Å². The predicted octanol–water partition coefficient (Wildman–Crippen LogP) is 5.59. The summed E-state index contributed by atoms with van der Waals surface area (Å²) < 4.78 is 11.6. The molecule has 0 aliphatic heterocycles. The number of hydrogen-bond donors (Lipinski definition) is 0. The molecule has 0 spiro atoms. The Morgan fingerprint density at radius 1 is 0.931 bits per heavy atom. The Bertz CT molecular complexity index is 959. The van der Waals surface area contributed by atoms with Crippen LogP contribution in [0, 0.1) is 0 Å². The fraction of sp³-hybridized carbons (Fsp3) is 0.208. The zero-order valence-electron chi connectivity index (χ0n) is 16.6. The number of rotatable bonds is 8. The van der Waals surface area contributed by atoms with E-state index in [1.807, 2.05) is 67.6 Å². The van der Waals surface area contributed by atoms with Gasteiger partial charge in [0, 0.05) is 24.7 Å². The first-order valence-corrected chi connectivity index (χ1v) is 9.88. The number of carbonyl (C=O) groups excluding carboxylic acids is 1. The van der Waals surface area contributed by atoms with Crippen LogP contribution < -0.4 is 9.47 Å². The first kappa shape index (κ1) is 20.7. The fourth-order valence-corrected chi connectivity index (χ4v) is 3.18. The predicted molar refractivity (Wildman–Crippen MR) is 116 cm³/mol. The van der Waals surface area contributed by atoms with E-state index in [1.165, 1.54) is 0 Å². The Hall–Kier alpha value is -2.98. The Labute approximate surface area is 176 Å². The number of para-hydroxylation sites is 1. The lowest BCUT2D eigenvalue weighted by Gasteiger charge is -2.19. The van der Waals surface area contributed by atoms with E-state index in [9.17, 15) is 4.79 Å². The molecule has 150 valence electrons. The minimum absolute atomic E-state index is 0.0594. The number of nitrogens with zero attached hydrogens (tertiary/aromatic N) is 1. The number of hydrogen-bond acceptors (Lipinski definition) is 3. The van der Waals surface area contributed by atoms with Gasteiger partial charge in [-0.25, -0.2) is 0 Å². The van der Waals surface area contributed by atoms with Crippen LogP contribution in [0.15, 0.2) is 72.8 Å². The minimum atomic E-state index is -0.0594. The van der Waals surface area contributed by atoms with Gasteiger partial charge in [0.2, 0.25) is 0 Å². The SMILES string of the molecule is CCOc1ccc(C(=O)N(C)Cc2ccccc2)cc1COc1ccccc1Cl. The molecule has 0 unspecified atom stereocenters. The van der Waals surface area contributed by atoms with Crippen LogP contribution in [0.4, 0.5) is 0 Å². The highest BCUT2D eigenvalue weighted by molar-refractivity contribution is 6.32. The molecule has 0 fully saturated rings. The van der Waals surface area contributed by atoms with E-state index in [0.717, 1.165) is 11.1 Å². The summed E-state index contributed by atoms with van der Waals surface area (Å²) in [5, 5.41) is 0.542. The summed E-state index contributed by atoms with van der Waals surface area (Å²) in [4.78, 5) is 14.6. The molecule has 3 rings (SSSR count). The number of halogens is 1. The van der Waals surface area contributed by atoms with Crippen LogP contribution in [-0.4, -0.2) is 24.5 Å². The molecule has 0 atom stereocenters. The van der Waals surface area contributed by atoms with Crippen LogP contribution in [0.1, 0.15) is 28.4 Å². The molecule has 0 aliphatic carbocycles. The zero-order valence-corrected chi connectivity index (χ0v) is 17.4. The molecule has 1 amide bonds. The molecular weight excluding hydrogens is 386 g/mol. The molecule has 29 heavy (non-hydrogen) atoms. The standard InChI is InChI=1S/C24H24ClNO3/c1-3-28-22-14-13-19(24(27)26(2)16-18-9-5-4-6-10-18)15-20(22)17-29-23-12-8-7-11-21(23)25/h4-15H,3,16-17H2,1-2H3. The third-order valence-electron chi connectivity index (χ3n) is 4.44. The minimum Gasteiger partial charge on any atom is -0.493 e. The summed E-state index contributed by atoms with van der Waals surface area (Å²) in [7, 11) is 1.80. The van der Waals surface area contributed by atoms with Crippen molar-refractivity contribution in [2.45, 2.75) is 20.1 Å². The number of amides is 1. The molecule has 0 saturated carbocycles. The van der Waals surface area contributed by atoms with Crippen molar-refractivity contribution >= 4 is 17.5 Å². The van der Waals surface area contributed by atoms with Gasteiger partial charge >= 0.3 is 0 Å². The summed E-state index contributed by atoms with van der Waals surface area (Å²) in [5.74, 6) is 1.23. The third-order valence-corrected chi connectivity index (χ3v) is 4.75. The maximum atomic E-state index is 12.9. The van der Waals surface area contributed by atoms with Crippen molar-refractivity contribution in [2.75, 3.05) is 13.7 Å². The van der Waals surface area contributed by atoms with Gasteiger partial charge in [-0.3, -0.25) is 4.79 Å². The molecule has 0 heterocycles. The molecule has 5 heteroatoms. The molecule has 0 saturated heterocycles. The van der Waals surface area contributed by atoms with Gasteiger partial charge in [-0.2, -0.15) is 0 Å². The Morgan fingerprint density at radius 2 is 1.66 bits per heavy atom. The number of carbonyl (C=O) groups is 1. The highest BCUT2D eigenvalue weighted by Gasteiger charge is 2.15. The molecule has 0 N–H and O–H groups in total. The van der Waals surface area contributed by atoms with Gasteiger partial charge in [0.05, 0.1) is 11.6 Å². The molecule has 0 aromatic heterocycles. The average Bonchev–Trinajstić information content (AvgIpc) is 2.74. The van der Waals surface area contributed by atoms with Crippen molar-refractivity contribution in [1.29, 1.82) is 0 Å². The lowest BCUT2D eigenvalue weighted by atomic mass is 10.1.